The molecule has 0 unspecified atom stereocenters. The van der Waals surface area contributed by atoms with Gasteiger partial charge in [-0.3, -0.25) is 0 Å². The molecular weight excluding hydrogens is 314 g/mol. The number of hydrogen-bond acceptors (Lipinski definition) is 3. The van der Waals surface area contributed by atoms with Crippen molar-refractivity contribution in [2.45, 2.75) is 58.8 Å². The first-order valence-corrected chi connectivity index (χ1v) is 8.62. The van der Waals surface area contributed by atoms with Crippen LogP contribution in [0.3, 0.4) is 0 Å². The fourth-order valence-electron chi connectivity index (χ4n) is 2.81. The van der Waals surface area contributed by atoms with E-state index in [0.717, 1.165) is 34.6 Å². The van der Waals surface area contributed by atoms with Gasteiger partial charge in [-0.2, -0.15) is 0 Å². The normalized spacial score (nSPS) is 23.1. The molecular formula is C16H26BrN3. The minimum absolute atomic E-state index is 0.355. The van der Waals surface area contributed by atoms with Crippen molar-refractivity contribution in [1.82, 2.24) is 9.97 Å². The fraction of sp³-hybridized carbons (Fsp3) is 0.750. The van der Waals surface area contributed by atoms with E-state index in [4.69, 9.17) is 0 Å². The summed E-state index contributed by atoms with van der Waals surface area (Å²) in [6, 6.07) is 1.97. The molecule has 1 fully saturated rings. The summed E-state index contributed by atoms with van der Waals surface area (Å²) in [7, 11) is 0. The molecule has 3 nitrogen and oxygen atoms in total. The van der Waals surface area contributed by atoms with Crippen molar-refractivity contribution >= 4 is 21.7 Å². The molecule has 1 aliphatic rings. The first-order valence-electron chi connectivity index (χ1n) is 7.83. The molecule has 1 heterocycles. The Morgan fingerprint density at radius 3 is 2.60 bits per heavy atom. The lowest BCUT2D eigenvalue weighted by molar-refractivity contribution is 0.282. The summed E-state index contributed by atoms with van der Waals surface area (Å²) in [6.45, 7) is 7.63. The number of nitrogens with zero attached hydrogens (tertiary/aromatic N) is 2. The molecule has 0 radical (unpaired) electrons. The maximum Gasteiger partial charge on any atom is 0.134 e. The zero-order chi connectivity index (χ0) is 14.5. The fourth-order valence-corrected chi connectivity index (χ4v) is 3.20. The maximum atomic E-state index is 4.58. The van der Waals surface area contributed by atoms with E-state index in [0.29, 0.717) is 5.92 Å². The second-order valence-electron chi connectivity index (χ2n) is 6.43. The predicted octanol–water partition coefficient (Wildman–Crippen LogP) is 4.99. The number of halogens is 1. The summed E-state index contributed by atoms with van der Waals surface area (Å²) in [5.74, 6) is 4.03. The van der Waals surface area contributed by atoms with Crippen molar-refractivity contribution in [3.8, 4) is 0 Å². The van der Waals surface area contributed by atoms with Gasteiger partial charge in [0.05, 0.1) is 0 Å². The Morgan fingerprint density at radius 2 is 1.95 bits per heavy atom. The van der Waals surface area contributed by atoms with Gasteiger partial charge in [0.15, 0.2) is 0 Å². The topological polar surface area (TPSA) is 37.8 Å². The number of aromatic nitrogens is 2. The average Bonchev–Trinajstić information content (AvgIpc) is 2.40. The minimum atomic E-state index is 0.355. The van der Waals surface area contributed by atoms with E-state index in [2.05, 4.69) is 52.0 Å². The maximum absolute atomic E-state index is 4.58. The lowest BCUT2D eigenvalue weighted by Gasteiger charge is -2.26. The third kappa shape index (κ3) is 4.72. The molecule has 1 saturated carbocycles. The molecule has 1 aliphatic carbocycles. The quantitative estimate of drug-likeness (QED) is 0.767. The molecule has 0 spiro atoms. The van der Waals surface area contributed by atoms with Crippen LogP contribution < -0.4 is 5.32 Å². The van der Waals surface area contributed by atoms with Gasteiger partial charge in [0.2, 0.25) is 0 Å². The zero-order valence-electron chi connectivity index (χ0n) is 12.8. The second kappa shape index (κ2) is 7.39. The third-order valence-corrected chi connectivity index (χ3v) is 4.63. The van der Waals surface area contributed by atoms with Crippen LogP contribution in [0.25, 0.3) is 0 Å². The lowest BCUT2D eigenvalue weighted by Crippen LogP contribution is -2.16. The summed E-state index contributed by atoms with van der Waals surface area (Å²) in [5, 5.41) is 3.46. The van der Waals surface area contributed by atoms with E-state index in [-0.39, 0.29) is 0 Å². The smallest absolute Gasteiger partial charge is 0.134 e. The van der Waals surface area contributed by atoms with E-state index >= 15 is 0 Å². The van der Waals surface area contributed by atoms with E-state index < -0.39 is 0 Å². The Labute approximate surface area is 131 Å². The Morgan fingerprint density at radius 1 is 1.25 bits per heavy atom. The molecule has 0 atom stereocenters. The van der Waals surface area contributed by atoms with Crippen molar-refractivity contribution in [1.29, 1.82) is 0 Å². The molecule has 20 heavy (non-hydrogen) atoms. The van der Waals surface area contributed by atoms with Crippen molar-refractivity contribution in [2.75, 3.05) is 11.9 Å². The van der Waals surface area contributed by atoms with E-state index in [1.165, 1.54) is 32.1 Å². The Kier molecular flexibility index (Phi) is 5.82. The van der Waals surface area contributed by atoms with Crippen LogP contribution in [0.5, 0.6) is 0 Å². The second-order valence-corrected chi connectivity index (χ2v) is 7.24. The Bertz CT molecular complexity index is 426. The molecule has 0 bridgehead atoms. The molecule has 0 amide bonds. The highest BCUT2D eigenvalue weighted by Crippen LogP contribution is 2.30. The zero-order valence-corrected chi connectivity index (χ0v) is 14.4. The van der Waals surface area contributed by atoms with E-state index in [1.807, 2.05) is 6.07 Å². The van der Waals surface area contributed by atoms with Crippen molar-refractivity contribution in [3.05, 3.63) is 16.5 Å². The van der Waals surface area contributed by atoms with Crippen molar-refractivity contribution in [3.63, 3.8) is 0 Å². The van der Waals surface area contributed by atoms with Crippen molar-refractivity contribution < 1.29 is 0 Å². The van der Waals surface area contributed by atoms with Crippen molar-refractivity contribution in [2.24, 2.45) is 11.8 Å². The van der Waals surface area contributed by atoms with E-state index in [1.54, 1.807) is 0 Å². The average molecular weight is 340 g/mol. The number of rotatable bonds is 5. The molecule has 2 rings (SSSR count). The molecule has 1 N–H and O–H groups in total. The summed E-state index contributed by atoms with van der Waals surface area (Å²) >= 11 is 3.47. The lowest BCUT2D eigenvalue weighted by atomic mass is 9.81. The highest BCUT2D eigenvalue weighted by Gasteiger charge is 2.17. The molecule has 0 aliphatic heterocycles. The Balaban J connectivity index is 1.82. The summed E-state index contributed by atoms with van der Waals surface area (Å²) in [6.07, 6.45) is 6.86. The SMILES string of the molecule is CC1CCC(CCNc2cc(Br)nc(C(C)C)n2)CC1. The highest BCUT2D eigenvalue weighted by atomic mass is 79.9. The molecule has 0 saturated heterocycles. The molecule has 4 heteroatoms. The number of nitrogens with one attached hydrogen (secondary N) is 1. The third-order valence-electron chi connectivity index (χ3n) is 4.22. The van der Waals surface area contributed by atoms with Crippen LogP contribution in [0, 0.1) is 11.8 Å². The van der Waals surface area contributed by atoms with Crippen LogP contribution in [0.15, 0.2) is 10.7 Å². The molecule has 112 valence electrons. The van der Waals surface area contributed by atoms with Gasteiger partial charge in [-0.25, -0.2) is 9.97 Å². The number of anilines is 1. The van der Waals surface area contributed by atoms with Gasteiger partial charge in [0.1, 0.15) is 16.2 Å². The summed E-state index contributed by atoms with van der Waals surface area (Å²) in [5.41, 5.74) is 0. The largest absolute Gasteiger partial charge is 0.370 e. The van der Waals surface area contributed by atoms with Gasteiger partial charge in [0.25, 0.3) is 0 Å². The first-order chi connectivity index (χ1) is 9.54. The van der Waals surface area contributed by atoms with Crippen LogP contribution in [-0.2, 0) is 0 Å². The Hall–Kier alpha value is -0.640. The van der Waals surface area contributed by atoms with Gasteiger partial charge < -0.3 is 5.32 Å². The van der Waals surface area contributed by atoms with Gasteiger partial charge in [-0.1, -0.05) is 46.5 Å². The van der Waals surface area contributed by atoms with Gasteiger partial charge in [-0.15, -0.1) is 0 Å². The molecule has 1 aromatic heterocycles. The van der Waals surface area contributed by atoms with Crippen LogP contribution in [0.4, 0.5) is 5.82 Å². The van der Waals surface area contributed by atoms with Gasteiger partial charge in [0, 0.05) is 18.5 Å². The summed E-state index contributed by atoms with van der Waals surface area (Å²) in [4.78, 5) is 8.98. The highest BCUT2D eigenvalue weighted by molar-refractivity contribution is 9.10. The van der Waals surface area contributed by atoms with Gasteiger partial charge in [-0.05, 0) is 34.2 Å². The molecule has 0 aromatic carbocycles. The van der Waals surface area contributed by atoms with Crippen LogP contribution in [0.2, 0.25) is 0 Å². The monoisotopic (exact) mass is 339 g/mol. The minimum Gasteiger partial charge on any atom is -0.370 e. The van der Waals surface area contributed by atoms with Crippen LogP contribution in [-0.4, -0.2) is 16.5 Å². The van der Waals surface area contributed by atoms with Crippen LogP contribution in [0.1, 0.15) is 64.6 Å². The van der Waals surface area contributed by atoms with Gasteiger partial charge >= 0.3 is 0 Å². The first kappa shape index (κ1) is 15.7. The standard InChI is InChI=1S/C16H26BrN3/c1-11(2)16-19-14(17)10-15(20-16)18-9-8-13-6-4-12(3)5-7-13/h10-13H,4-9H2,1-3H3,(H,18,19,20). The molecule has 1 aromatic rings. The predicted molar refractivity (Wildman–Crippen MR) is 88.0 cm³/mol. The number of hydrogen-bond donors (Lipinski definition) is 1. The van der Waals surface area contributed by atoms with E-state index in [9.17, 15) is 0 Å². The van der Waals surface area contributed by atoms with Crippen LogP contribution >= 0.6 is 15.9 Å². The summed E-state index contributed by atoms with van der Waals surface area (Å²) < 4.78 is 0.866.